The minimum Gasteiger partial charge on any atom is -0.508 e. The average molecular weight is 554 g/mol. The van der Waals surface area contributed by atoms with Crippen molar-refractivity contribution in [2.75, 3.05) is 13.1 Å². The third-order valence-corrected chi connectivity index (χ3v) is 6.20. The van der Waals surface area contributed by atoms with E-state index in [0.29, 0.717) is 16.7 Å². The van der Waals surface area contributed by atoms with E-state index in [-0.39, 0.29) is 36.4 Å². The van der Waals surface area contributed by atoms with Gasteiger partial charge in [0, 0.05) is 25.8 Å². The highest BCUT2D eigenvalue weighted by Gasteiger charge is 2.33. The van der Waals surface area contributed by atoms with E-state index in [1.807, 2.05) is 0 Å². The Morgan fingerprint density at radius 1 is 1.00 bits per heavy atom. The number of halogens is 3. The van der Waals surface area contributed by atoms with Crippen LogP contribution in [0.15, 0.2) is 36.4 Å². The summed E-state index contributed by atoms with van der Waals surface area (Å²) in [5, 5.41) is 37.2. The lowest BCUT2D eigenvalue weighted by atomic mass is 9.95. The van der Waals surface area contributed by atoms with Crippen molar-refractivity contribution in [1.29, 1.82) is 0 Å². The van der Waals surface area contributed by atoms with E-state index < -0.39 is 61.1 Å². The van der Waals surface area contributed by atoms with E-state index in [4.69, 9.17) is 11.5 Å². The molecule has 39 heavy (non-hydrogen) atoms. The molecule has 10 N–H and O–H groups in total. The second-order valence-electron chi connectivity index (χ2n) is 9.28. The summed E-state index contributed by atoms with van der Waals surface area (Å²) in [6.07, 6.45) is -6.92. The van der Waals surface area contributed by atoms with Gasteiger partial charge in [0.1, 0.15) is 30.1 Å². The molecule has 0 aliphatic carbocycles. The smallest absolute Gasteiger partial charge is 0.405 e. The van der Waals surface area contributed by atoms with Gasteiger partial charge in [-0.15, -0.1) is 0 Å². The molecule has 1 aliphatic heterocycles. The number of nitrogens with one attached hydrogen (secondary N) is 3. The molecule has 4 atom stereocenters. The first-order valence-electron chi connectivity index (χ1n) is 12.0. The van der Waals surface area contributed by atoms with E-state index in [1.165, 1.54) is 18.2 Å². The van der Waals surface area contributed by atoms with Crippen LogP contribution >= 0.6 is 0 Å². The van der Waals surface area contributed by atoms with Gasteiger partial charge in [-0.3, -0.25) is 14.4 Å². The van der Waals surface area contributed by atoms with E-state index >= 15 is 0 Å². The highest BCUT2D eigenvalue weighted by molar-refractivity contribution is 5.93. The van der Waals surface area contributed by atoms with E-state index in [1.54, 1.807) is 23.5 Å². The largest absolute Gasteiger partial charge is 0.508 e. The monoisotopic (exact) mass is 553 g/mol. The number of hydrogen-bond acceptors (Lipinski definition) is 8. The number of nitrogens with two attached hydrogens (primary N) is 2. The van der Waals surface area contributed by atoms with E-state index in [2.05, 4.69) is 10.6 Å². The fraction of sp³-hybridized carbons (Fsp3) is 0.400. The summed E-state index contributed by atoms with van der Waals surface area (Å²) < 4.78 is 38.3. The molecule has 11 nitrogen and oxygen atoms in total. The van der Waals surface area contributed by atoms with Crippen molar-refractivity contribution in [3.8, 4) is 22.6 Å². The minimum atomic E-state index is -4.73. The molecular weight excluding hydrogens is 523 g/mol. The zero-order valence-corrected chi connectivity index (χ0v) is 20.7. The fourth-order valence-corrected chi connectivity index (χ4v) is 4.08. The van der Waals surface area contributed by atoms with Crippen molar-refractivity contribution in [2.24, 2.45) is 11.5 Å². The quantitative estimate of drug-likeness (QED) is 0.243. The number of fused-ring (bicyclic) bond motifs is 5. The van der Waals surface area contributed by atoms with Crippen molar-refractivity contribution < 1.29 is 42.9 Å². The van der Waals surface area contributed by atoms with Gasteiger partial charge in [-0.2, -0.15) is 13.2 Å². The molecule has 2 aromatic rings. The second kappa shape index (κ2) is 12.3. The summed E-state index contributed by atoms with van der Waals surface area (Å²) in [4.78, 5) is 38.8. The first-order valence-corrected chi connectivity index (χ1v) is 12.0. The highest BCUT2D eigenvalue weighted by atomic mass is 19.4. The SMILES string of the molecule is NC[C@H](O)C[C@@H]1NC(=O)[C@@H](N)Cc2cc(ccc2O)-c2ccc(O)c(c2)C[C@@H](C(=O)NCC(F)(F)F)NC1=O. The Labute approximate surface area is 221 Å². The number of amides is 3. The molecule has 0 aromatic heterocycles. The zero-order chi connectivity index (χ0) is 28.9. The average Bonchev–Trinajstić information content (AvgIpc) is 2.87. The molecule has 0 saturated heterocycles. The Kier molecular flexibility index (Phi) is 9.37. The maximum atomic E-state index is 13.2. The Morgan fingerprint density at radius 3 is 2.10 bits per heavy atom. The minimum absolute atomic E-state index is 0.128. The molecule has 2 aromatic carbocycles. The summed E-state index contributed by atoms with van der Waals surface area (Å²) in [6, 6.07) is 4.56. The van der Waals surface area contributed by atoms with Crippen LogP contribution in [0.3, 0.4) is 0 Å². The number of carbonyl (C=O) groups is 3. The molecule has 3 rings (SSSR count). The Balaban J connectivity index is 2.09. The topological polar surface area (TPSA) is 200 Å². The number of aliphatic hydroxyl groups is 1. The van der Waals surface area contributed by atoms with Crippen LogP contribution in [0.25, 0.3) is 11.1 Å². The molecule has 1 aliphatic rings. The number of phenols is 2. The Hall–Kier alpha value is -3.88. The Bertz CT molecular complexity index is 1230. The van der Waals surface area contributed by atoms with Gasteiger partial charge in [-0.1, -0.05) is 12.1 Å². The number of phenolic OH excluding ortho intramolecular Hbond substituents is 2. The van der Waals surface area contributed by atoms with Crippen LogP contribution in [-0.2, 0) is 27.2 Å². The zero-order valence-electron chi connectivity index (χ0n) is 20.7. The molecule has 4 bridgehead atoms. The van der Waals surface area contributed by atoms with Gasteiger partial charge in [0.05, 0.1) is 12.1 Å². The lowest BCUT2D eigenvalue weighted by Crippen LogP contribution is -2.57. The summed E-state index contributed by atoms with van der Waals surface area (Å²) in [7, 11) is 0. The number of aromatic hydroxyl groups is 2. The van der Waals surface area contributed by atoms with Gasteiger partial charge in [-0.05, 0) is 46.5 Å². The second-order valence-corrected chi connectivity index (χ2v) is 9.28. The first-order chi connectivity index (χ1) is 18.3. The molecule has 0 radical (unpaired) electrons. The van der Waals surface area contributed by atoms with Crippen LogP contribution in [0.2, 0.25) is 0 Å². The van der Waals surface area contributed by atoms with Gasteiger partial charge in [0.15, 0.2) is 0 Å². The third kappa shape index (κ3) is 8.05. The number of hydrogen-bond donors (Lipinski definition) is 8. The molecule has 0 unspecified atom stereocenters. The van der Waals surface area contributed by atoms with Crippen molar-refractivity contribution in [1.82, 2.24) is 16.0 Å². The van der Waals surface area contributed by atoms with Crippen molar-refractivity contribution >= 4 is 17.7 Å². The van der Waals surface area contributed by atoms with Crippen LogP contribution in [-0.4, -0.2) is 76.5 Å². The van der Waals surface area contributed by atoms with Gasteiger partial charge in [0.25, 0.3) is 0 Å². The van der Waals surface area contributed by atoms with Crippen LogP contribution in [0.4, 0.5) is 13.2 Å². The molecular formula is C25H30F3N5O6. The van der Waals surface area contributed by atoms with Gasteiger partial charge >= 0.3 is 6.18 Å². The predicted octanol–water partition coefficient (Wildman–Crippen LogP) is -0.451. The van der Waals surface area contributed by atoms with Crippen LogP contribution < -0.4 is 27.4 Å². The molecule has 3 amide bonds. The molecule has 14 heteroatoms. The van der Waals surface area contributed by atoms with Crippen molar-refractivity contribution in [3.63, 3.8) is 0 Å². The number of alkyl halides is 3. The Morgan fingerprint density at radius 2 is 1.56 bits per heavy atom. The summed E-state index contributed by atoms with van der Waals surface area (Å²) in [5.74, 6) is -3.43. The summed E-state index contributed by atoms with van der Waals surface area (Å²) in [6.45, 7) is -1.94. The van der Waals surface area contributed by atoms with E-state index in [0.717, 1.165) is 0 Å². The fourth-order valence-electron chi connectivity index (χ4n) is 4.08. The normalized spacial score (nSPS) is 21.1. The highest BCUT2D eigenvalue weighted by Crippen LogP contribution is 2.31. The lowest BCUT2D eigenvalue weighted by molar-refractivity contribution is -0.141. The number of aliphatic hydroxyl groups excluding tert-OH is 1. The van der Waals surface area contributed by atoms with E-state index in [9.17, 15) is 42.9 Å². The first kappa shape index (κ1) is 29.7. The van der Waals surface area contributed by atoms with Gasteiger partial charge < -0.3 is 42.7 Å². The standard InChI is InChI=1S/C25H30F3N5O6/c26-25(27,28)11-31-23(38)18-8-15-6-13(2-4-21(15)36)12-1-3-20(35)14(5-12)7-17(30)22(37)32-19(24(39)33-18)9-16(34)10-29/h1-6,16-19,34-36H,7-11,29-30H2,(H,31,38)(H,32,37)(H,33,39)/t16-,17+,18+,19+/m1/s1. The van der Waals surface area contributed by atoms with Gasteiger partial charge in [0.2, 0.25) is 17.7 Å². The third-order valence-electron chi connectivity index (χ3n) is 6.20. The van der Waals surface area contributed by atoms with Crippen molar-refractivity contribution in [2.45, 2.75) is 49.7 Å². The maximum Gasteiger partial charge on any atom is 0.405 e. The van der Waals surface area contributed by atoms with Crippen LogP contribution in [0, 0.1) is 0 Å². The van der Waals surface area contributed by atoms with Crippen LogP contribution in [0.5, 0.6) is 11.5 Å². The summed E-state index contributed by atoms with van der Waals surface area (Å²) in [5.41, 5.74) is 13.0. The van der Waals surface area contributed by atoms with Crippen molar-refractivity contribution in [3.05, 3.63) is 47.5 Å². The number of rotatable bonds is 5. The predicted molar refractivity (Wildman–Crippen MR) is 133 cm³/mol. The molecule has 212 valence electrons. The molecule has 0 saturated carbocycles. The lowest BCUT2D eigenvalue weighted by Gasteiger charge is -2.25. The number of benzene rings is 2. The molecule has 1 heterocycles. The molecule has 0 fully saturated rings. The van der Waals surface area contributed by atoms with Crippen LogP contribution in [0.1, 0.15) is 17.5 Å². The number of carbonyl (C=O) groups excluding carboxylic acids is 3. The van der Waals surface area contributed by atoms with Gasteiger partial charge in [-0.25, -0.2) is 0 Å². The summed E-state index contributed by atoms with van der Waals surface area (Å²) >= 11 is 0. The maximum absolute atomic E-state index is 13.2. The molecule has 0 spiro atoms.